The second-order valence-corrected chi connectivity index (χ2v) is 9.41. The van der Waals surface area contributed by atoms with Crippen LogP contribution in [0.3, 0.4) is 0 Å². The molecule has 0 aliphatic carbocycles. The number of rotatable bonds is 6. The van der Waals surface area contributed by atoms with E-state index >= 15 is 0 Å². The van der Waals surface area contributed by atoms with E-state index in [1.54, 1.807) is 12.3 Å². The van der Waals surface area contributed by atoms with E-state index < -0.39 is 23.1 Å². The number of amides is 1. The van der Waals surface area contributed by atoms with Gasteiger partial charge in [-0.05, 0) is 48.0 Å². The first-order valence-corrected chi connectivity index (χ1v) is 11.7. The Morgan fingerprint density at radius 2 is 2.00 bits per heavy atom. The third-order valence-corrected chi connectivity index (χ3v) is 6.77. The topological polar surface area (TPSA) is 79.8 Å². The van der Waals surface area contributed by atoms with E-state index in [9.17, 15) is 18.4 Å². The highest BCUT2D eigenvalue weighted by atomic mass is 35.5. The standard InChI is InChI=1S/C25H17ClF2N4O2S/c26-15-9-18-19(12-30-23(18)29-10-15)22-6-4-16(35-22)11-31-24(33)17-2-1-7-32(25(17)34)13-14-3-5-20(27)21(28)8-14/h1-10,12H,11,13H2,(H,29,30)(H,31,33). The van der Waals surface area contributed by atoms with E-state index in [2.05, 4.69) is 15.3 Å². The number of aromatic amines is 1. The number of H-pyrrole nitrogens is 1. The van der Waals surface area contributed by atoms with E-state index in [1.165, 1.54) is 34.2 Å². The zero-order valence-corrected chi connectivity index (χ0v) is 19.6. The molecule has 1 amide bonds. The summed E-state index contributed by atoms with van der Waals surface area (Å²) in [5.74, 6) is -2.48. The Kier molecular flexibility index (Phi) is 6.19. The highest BCUT2D eigenvalue weighted by Crippen LogP contribution is 2.34. The van der Waals surface area contributed by atoms with Crippen molar-refractivity contribution in [1.82, 2.24) is 19.9 Å². The lowest BCUT2D eigenvalue weighted by molar-refractivity contribution is 0.0949. The molecule has 0 fully saturated rings. The van der Waals surface area contributed by atoms with E-state index in [0.717, 1.165) is 38.5 Å². The van der Waals surface area contributed by atoms with Gasteiger partial charge >= 0.3 is 0 Å². The summed E-state index contributed by atoms with van der Waals surface area (Å²) in [5.41, 5.74) is 1.54. The summed E-state index contributed by atoms with van der Waals surface area (Å²) in [6.45, 7) is 0.247. The second kappa shape index (κ2) is 9.44. The minimum absolute atomic E-state index is 0.00886. The van der Waals surface area contributed by atoms with Gasteiger partial charge in [-0.2, -0.15) is 0 Å². The van der Waals surface area contributed by atoms with Gasteiger partial charge in [0.15, 0.2) is 11.6 Å². The molecule has 0 aliphatic heterocycles. The first-order valence-electron chi connectivity index (χ1n) is 10.5. The van der Waals surface area contributed by atoms with Crippen LogP contribution in [0.5, 0.6) is 0 Å². The van der Waals surface area contributed by atoms with Crippen molar-refractivity contribution >= 4 is 39.9 Å². The van der Waals surface area contributed by atoms with Gasteiger partial charge in [-0.3, -0.25) is 9.59 Å². The Labute approximate surface area is 206 Å². The van der Waals surface area contributed by atoms with Crippen LogP contribution in [0.25, 0.3) is 21.5 Å². The number of carbonyl (C=O) groups excluding carboxylic acids is 1. The van der Waals surface area contributed by atoms with Gasteiger partial charge in [0.2, 0.25) is 0 Å². The average molecular weight is 511 g/mol. The van der Waals surface area contributed by atoms with Crippen LogP contribution in [-0.4, -0.2) is 20.4 Å². The highest BCUT2D eigenvalue weighted by molar-refractivity contribution is 7.15. The number of thiophene rings is 1. The lowest BCUT2D eigenvalue weighted by Gasteiger charge is -2.09. The lowest BCUT2D eigenvalue weighted by atomic mass is 10.2. The second-order valence-electron chi connectivity index (χ2n) is 7.80. The van der Waals surface area contributed by atoms with Crippen LogP contribution in [-0.2, 0) is 13.1 Å². The molecule has 0 saturated carbocycles. The van der Waals surface area contributed by atoms with Crippen LogP contribution < -0.4 is 10.9 Å². The van der Waals surface area contributed by atoms with Gasteiger partial charge in [0.25, 0.3) is 11.5 Å². The van der Waals surface area contributed by atoms with Crippen molar-refractivity contribution < 1.29 is 13.6 Å². The molecule has 176 valence electrons. The first-order chi connectivity index (χ1) is 16.9. The number of nitrogens with zero attached hydrogens (tertiary/aromatic N) is 2. The monoisotopic (exact) mass is 510 g/mol. The summed E-state index contributed by atoms with van der Waals surface area (Å²) in [5, 5.41) is 4.22. The van der Waals surface area contributed by atoms with Gasteiger partial charge in [0.1, 0.15) is 11.2 Å². The molecule has 5 rings (SSSR count). The number of carbonyl (C=O) groups is 1. The summed E-state index contributed by atoms with van der Waals surface area (Å²) in [6.07, 6.45) is 4.94. The van der Waals surface area contributed by atoms with Crippen LogP contribution in [0.4, 0.5) is 8.78 Å². The molecular formula is C25H17ClF2N4O2S. The van der Waals surface area contributed by atoms with E-state index in [-0.39, 0.29) is 18.7 Å². The SMILES string of the molecule is O=C(NCc1ccc(-c2c[nH]c3ncc(Cl)cc23)s1)c1cccn(Cc2ccc(F)c(F)c2)c1=O. The summed E-state index contributed by atoms with van der Waals surface area (Å²) in [6, 6.07) is 12.1. The normalized spacial score (nSPS) is 11.2. The van der Waals surface area contributed by atoms with Gasteiger partial charge in [-0.1, -0.05) is 17.7 Å². The van der Waals surface area contributed by atoms with Crippen molar-refractivity contribution in [2.24, 2.45) is 0 Å². The molecule has 0 spiro atoms. The van der Waals surface area contributed by atoms with Crippen molar-refractivity contribution in [1.29, 1.82) is 0 Å². The predicted octanol–water partition coefficient (Wildman–Crippen LogP) is 5.36. The summed E-state index contributed by atoms with van der Waals surface area (Å²) in [7, 11) is 0. The molecule has 0 radical (unpaired) electrons. The zero-order valence-electron chi connectivity index (χ0n) is 18.0. The number of benzene rings is 1. The number of nitrogens with one attached hydrogen (secondary N) is 2. The predicted molar refractivity (Wildman–Crippen MR) is 132 cm³/mol. The molecule has 0 unspecified atom stereocenters. The van der Waals surface area contributed by atoms with Crippen molar-refractivity contribution in [2.45, 2.75) is 13.1 Å². The Bertz CT molecular complexity index is 1630. The molecule has 1 aromatic carbocycles. The summed E-state index contributed by atoms with van der Waals surface area (Å²) < 4.78 is 28.0. The van der Waals surface area contributed by atoms with E-state index in [4.69, 9.17) is 11.6 Å². The maximum Gasteiger partial charge on any atom is 0.263 e. The third kappa shape index (κ3) is 4.73. The Balaban J connectivity index is 1.30. The number of halogens is 3. The average Bonchev–Trinajstić information content (AvgIpc) is 3.47. The van der Waals surface area contributed by atoms with Crippen molar-refractivity contribution in [3.8, 4) is 10.4 Å². The van der Waals surface area contributed by atoms with Crippen molar-refractivity contribution in [3.63, 3.8) is 0 Å². The van der Waals surface area contributed by atoms with E-state index in [1.807, 2.05) is 24.4 Å². The number of hydrogen-bond acceptors (Lipinski definition) is 4. The van der Waals surface area contributed by atoms with Crippen LogP contribution in [0.15, 0.2) is 71.9 Å². The number of pyridine rings is 2. The van der Waals surface area contributed by atoms with Crippen LogP contribution in [0.1, 0.15) is 20.8 Å². The largest absolute Gasteiger partial charge is 0.347 e. The summed E-state index contributed by atoms with van der Waals surface area (Å²) in [4.78, 5) is 34.8. The molecule has 5 aromatic rings. The molecule has 0 aliphatic rings. The fraction of sp³-hybridized carbons (Fsp3) is 0.0800. The molecule has 35 heavy (non-hydrogen) atoms. The van der Waals surface area contributed by atoms with Crippen molar-refractivity contribution in [3.05, 3.63) is 110 Å². The molecule has 0 saturated heterocycles. The quantitative estimate of drug-likeness (QED) is 0.322. The maximum atomic E-state index is 13.5. The van der Waals surface area contributed by atoms with Gasteiger partial charge in [0, 0.05) is 39.3 Å². The van der Waals surface area contributed by atoms with Gasteiger partial charge in [-0.15, -0.1) is 11.3 Å². The molecule has 0 atom stereocenters. The van der Waals surface area contributed by atoms with Crippen LogP contribution >= 0.6 is 22.9 Å². The summed E-state index contributed by atoms with van der Waals surface area (Å²) >= 11 is 7.59. The van der Waals surface area contributed by atoms with Gasteiger partial charge in [0.05, 0.1) is 18.1 Å². The molecule has 2 N–H and O–H groups in total. The zero-order chi connectivity index (χ0) is 24.5. The molecule has 10 heteroatoms. The molecule has 4 aromatic heterocycles. The minimum Gasteiger partial charge on any atom is -0.347 e. The Morgan fingerprint density at radius 3 is 2.83 bits per heavy atom. The fourth-order valence-electron chi connectivity index (χ4n) is 3.73. The minimum atomic E-state index is -0.994. The smallest absolute Gasteiger partial charge is 0.263 e. The Hall–Kier alpha value is -3.82. The Morgan fingerprint density at radius 1 is 1.14 bits per heavy atom. The van der Waals surface area contributed by atoms with Crippen LogP contribution in [0, 0.1) is 11.6 Å². The fourth-order valence-corrected chi connectivity index (χ4v) is 4.87. The molecular weight excluding hydrogens is 494 g/mol. The van der Waals surface area contributed by atoms with Gasteiger partial charge < -0.3 is 14.9 Å². The molecule has 0 bridgehead atoms. The third-order valence-electron chi connectivity index (χ3n) is 5.45. The number of aromatic nitrogens is 3. The highest BCUT2D eigenvalue weighted by Gasteiger charge is 2.14. The lowest BCUT2D eigenvalue weighted by Crippen LogP contribution is -2.32. The van der Waals surface area contributed by atoms with E-state index in [0.29, 0.717) is 10.6 Å². The number of hydrogen-bond donors (Lipinski definition) is 2. The maximum absolute atomic E-state index is 13.5. The van der Waals surface area contributed by atoms with Crippen molar-refractivity contribution in [2.75, 3.05) is 0 Å². The molecule has 4 heterocycles. The first kappa shape index (κ1) is 22.9. The molecule has 6 nitrogen and oxygen atoms in total. The van der Waals surface area contributed by atoms with Crippen LogP contribution in [0.2, 0.25) is 5.02 Å². The number of fused-ring (bicyclic) bond motifs is 1. The van der Waals surface area contributed by atoms with Gasteiger partial charge in [-0.25, -0.2) is 13.8 Å².